The third kappa shape index (κ3) is 1.76. The van der Waals surface area contributed by atoms with Gasteiger partial charge in [0.2, 0.25) is 5.78 Å². The van der Waals surface area contributed by atoms with Crippen LogP contribution in [-0.2, 0) is 9.59 Å². The molecule has 4 heteroatoms. The first kappa shape index (κ1) is 11.9. The average Bonchev–Trinajstić information content (AvgIpc) is 2.54. The molecule has 1 atom stereocenters. The molecule has 4 nitrogen and oxygen atoms in total. The van der Waals surface area contributed by atoms with Gasteiger partial charge in [-0.15, -0.1) is 0 Å². The van der Waals surface area contributed by atoms with Gasteiger partial charge in [-0.05, 0) is 61.7 Å². The Bertz CT molecular complexity index is 410. The highest BCUT2D eigenvalue weighted by atomic mass is 16.2. The zero-order valence-corrected chi connectivity index (χ0v) is 11.3. The maximum Gasteiger partial charge on any atom is 0.291 e. The lowest BCUT2D eigenvalue weighted by molar-refractivity contribution is -0.143. The van der Waals surface area contributed by atoms with Crippen molar-refractivity contribution in [3.05, 3.63) is 0 Å². The van der Waals surface area contributed by atoms with E-state index in [0.717, 1.165) is 24.3 Å². The number of ketones is 1. The van der Waals surface area contributed by atoms with E-state index >= 15 is 0 Å². The largest absolute Gasteiger partial charge is 0.333 e. The van der Waals surface area contributed by atoms with Crippen LogP contribution in [0.25, 0.3) is 0 Å². The highest BCUT2D eigenvalue weighted by Crippen LogP contribution is 2.60. The minimum Gasteiger partial charge on any atom is -0.333 e. The van der Waals surface area contributed by atoms with Gasteiger partial charge in [-0.1, -0.05) is 0 Å². The van der Waals surface area contributed by atoms with Gasteiger partial charge in [0, 0.05) is 13.1 Å². The number of hydrogen-bond acceptors (Lipinski definition) is 3. The maximum absolute atomic E-state index is 11.9. The number of rotatable bonds is 2. The van der Waals surface area contributed by atoms with Crippen molar-refractivity contribution in [2.75, 3.05) is 13.1 Å². The Morgan fingerprint density at radius 2 is 1.58 bits per heavy atom. The lowest BCUT2D eigenvalue weighted by Gasteiger charge is -2.57. The molecular formula is C15H22N2O2. The summed E-state index contributed by atoms with van der Waals surface area (Å²) in [5.74, 6) is 1.93. The summed E-state index contributed by atoms with van der Waals surface area (Å²) in [5, 5.41) is 0. The second kappa shape index (κ2) is 3.81. The summed E-state index contributed by atoms with van der Waals surface area (Å²) in [4.78, 5) is 25.3. The predicted molar refractivity (Wildman–Crippen MR) is 70.2 cm³/mol. The Morgan fingerprint density at radius 3 is 2.00 bits per heavy atom. The minimum absolute atomic E-state index is 0.314. The summed E-state index contributed by atoms with van der Waals surface area (Å²) in [6.07, 6.45) is 8.04. The smallest absolute Gasteiger partial charge is 0.291 e. The zero-order chi connectivity index (χ0) is 13.2. The fraction of sp³-hybridized carbons (Fsp3) is 0.867. The Morgan fingerprint density at radius 1 is 1.05 bits per heavy atom. The van der Waals surface area contributed by atoms with Gasteiger partial charge >= 0.3 is 0 Å². The van der Waals surface area contributed by atoms with Crippen molar-refractivity contribution in [3.63, 3.8) is 0 Å². The Labute approximate surface area is 113 Å². The van der Waals surface area contributed by atoms with Gasteiger partial charge in [0.05, 0.1) is 6.04 Å². The number of hydrogen-bond donors (Lipinski definition) is 1. The molecule has 104 valence electrons. The van der Waals surface area contributed by atoms with E-state index in [1.807, 2.05) is 0 Å². The molecule has 0 aromatic rings. The first-order valence-corrected chi connectivity index (χ1v) is 7.63. The molecule has 0 radical (unpaired) electrons. The molecule has 1 aliphatic heterocycles. The van der Waals surface area contributed by atoms with Gasteiger partial charge in [0.15, 0.2) is 0 Å². The van der Waals surface area contributed by atoms with E-state index in [2.05, 4.69) is 0 Å². The third-order valence-corrected chi connectivity index (χ3v) is 5.94. The number of carbonyl (C=O) groups excluding carboxylic acids is 2. The van der Waals surface area contributed by atoms with Crippen LogP contribution in [0.4, 0.5) is 0 Å². The quantitative estimate of drug-likeness (QED) is 0.753. The van der Waals surface area contributed by atoms with E-state index in [9.17, 15) is 9.59 Å². The van der Waals surface area contributed by atoms with Crippen LogP contribution in [0, 0.1) is 23.2 Å². The van der Waals surface area contributed by atoms with Gasteiger partial charge in [-0.2, -0.15) is 0 Å². The number of nitrogens with zero attached hydrogens (tertiary/aromatic N) is 1. The van der Waals surface area contributed by atoms with Crippen LogP contribution in [0.2, 0.25) is 0 Å². The highest BCUT2D eigenvalue weighted by molar-refractivity contribution is 6.40. The molecule has 1 heterocycles. The fourth-order valence-electron chi connectivity index (χ4n) is 5.74. The summed E-state index contributed by atoms with van der Waals surface area (Å²) >= 11 is 0. The van der Waals surface area contributed by atoms with Gasteiger partial charge in [0.25, 0.3) is 5.91 Å². The van der Waals surface area contributed by atoms with E-state index in [0.29, 0.717) is 12.0 Å². The maximum atomic E-state index is 11.9. The number of Topliss-reactive ketones (excluding diaryl/α,β-unsaturated/α-hetero) is 1. The van der Waals surface area contributed by atoms with Crippen molar-refractivity contribution in [3.8, 4) is 0 Å². The van der Waals surface area contributed by atoms with Crippen LogP contribution in [0.3, 0.4) is 0 Å². The molecular weight excluding hydrogens is 240 g/mol. The normalized spacial score (nSPS) is 48.4. The van der Waals surface area contributed by atoms with Crippen molar-refractivity contribution in [1.29, 1.82) is 0 Å². The van der Waals surface area contributed by atoms with E-state index < -0.39 is 6.04 Å². The summed E-state index contributed by atoms with van der Waals surface area (Å²) in [7, 11) is 0. The molecule has 5 rings (SSSR count). The lowest BCUT2D eigenvalue weighted by atomic mass is 9.49. The molecule has 5 aliphatic rings. The van der Waals surface area contributed by atoms with Gasteiger partial charge < -0.3 is 10.6 Å². The molecule has 0 aromatic heterocycles. The molecule has 4 aliphatic carbocycles. The van der Waals surface area contributed by atoms with E-state index in [1.165, 1.54) is 38.5 Å². The monoisotopic (exact) mass is 262 g/mol. The molecule has 0 spiro atoms. The second-order valence-corrected chi connectivity index (χ2v) is 7.57. The van der Waals surface area contributed by atoms with Crippen molar-refractivity contribution >= 4 is 11.7 Å². The number of nitrogens with two attached hydrogens (primary N) is 1. The lowest BCUT2D eigenvalue weighted by Crippen LogP contribution is -2.51. The van der Waals surface area contributed by atoms with Crippen LogP contribution < -0.4 is 5.73 Å². The molecule has 0 aromatic carbocycles. The molecule has 5 fully saturated rings. The molecule has 1 amide bonds. The first-order chi connectivity index (χ1) is 9.05. The van der Waals surface area contributed by atoms with Gasteiger partial charge in [0.1, 0.15) is 0 Å². The predicted octanol–water partition coefficient (Wildman–Crippen LogP) is 0.941. The molecule has 2 N–H and O–H groups in total. The zero-order valence-electron chi connectivity index (χ0n) is 11.3. The van der Waals surface area contributed by atoms with Crippen molar-refractivity contribution in [2.45, 2.75) is 44.6 Å². The standard InChI is InChI=1S/C15H22N2O2/c16-12-7-17(14(19)13(12)18)8-15-4-9-1-10(5-15)3-11(2-9)6-15/h9-12H,1-8,16H2. The SMILES string of the molecule is NC1CN(CC23CC4CC(CC(C4)C2)C3)C(=O)C1=O. The van der Waals surface area contributed by atoms with Gasteiger partial charge in [-0.3, -0.25) is 9.59 Å². The Kier molecular flexibility index (Phi) is 2.39. The van der Waals surface area contributed by atoms with E-state index in [1.54, 1.807) is 4.90 Å². The number of amides is 1. The van der Waals surface area contributed by atoms with Crippen LogP contribution in [0.1, 0.15) is 38.5 Å². The molecule has 4 bridgehead atoms. The molecule has 4 saturated carbocycles. The highest BCUT2D eigenvalue weighted by Gasteiger charge is 2.52. The van der Waals surface area contributed by atoms with Crippen LogP contribution in [0.5, 0.6) is 0 Å². The van der Waals surface area contributed by atoms with Crippen LogP contribution in [0.15, 0.2) is 0 Å². The van der Waals surface area contributed by atoms with Crippen molar-refractivity contribution in [2.24, 2.45) is 28.9 Å². The minimum atomic E-state index is -0.582. The summed E-state index contributed by atoms with van der Waals surface area (Å²) < 4.78 is 0. The van der Waals surface area contributed by atoms with Gasteiger partial charge in [-0.25, -0.2) is 0 Å². The van der Waals surface area contributed by atoms with E-state index in [-0.39, 0.29) is 11.7 Å². The number of carbonyl (C=O) groups is 2. The molecule has 1 unspecified atom stereocenters. The van der Waals surface area contributed by atoms with Crippen LogP contribution in [-0.4, -0.2) is 35.7 Å². The van der Waals surface area contributed by atoms with Crippen molar-refractivity contribution < 1.29 is 9.59 Å². The average molecular weight is 262 g/mol. The van der Waals surface area contributed by atoms with E-state index in [4.69, 9.17) is 5.73 Å². The third-order valence-electron chi connectivity index (χ3n) is 5.94. The summed E-state index contributed by atoms with van der Waals surface area (Å²) in [5.41, 5.74) is 6.03. The summed E-state index contributed by atoms with van der Waals surface area (Å²) in [6, 6.07) is -0.582. The number of likely N-dealkylation sites (tertiary alicyclic amines) is 1. The fourth-order valence-corrected chi connectivity index (χ4v) is 5.74. The van der Waals surface area contributed by atoms with Crippen molar-refractivity contribution in [1.82, 2.24) is 4.90 Å². The molecule has 1 saturated heterocycles. The molecule has 19 heavy (non-hydrogen) atoms. The topological polar surface area (TPSA) is 63.4 Å². The first-order valence-electron chi connectivity index (χ1n) is 7.63. The van der Waals surface area contributed by atoms with Crippen LogP contribution >= 0.6 is 0 Å². The Hall–Kier alpha value is -0.900. The second-order valence-electron chi connectivity index (χ2n) is 7.57. The summed E-state index contributed by atoms with van der Waals surface area (Å²) in [6.45, 7) is 1.23. The Balaban J connectivity index is 1.54.